The number of likely N-dealkylation sites (N-methyl/N-ethyl adjacent to an activating group) is 1. The summed E-state index contributed by atoms with van der Waals surface area (Å²) in [5.74, 6) is 1.40. The van der Waals surface area contributed by atoms with Gasteiger partial charge in [-0.1, -0.05) is 19.9 Å². The number of hydrogen-bond donors (Lipinski definition) is 3. The van der Waals surface area contributed by atoms with E-state index in [4.69, 9.17) is 4.98 Å². The minimum absolute atomic E-state index is 0.658. The molecular weight excluding hydrogens is 462 g/mol. The fourth-order valence-electron chi connectivity index (χ4n) is 4.87. The van der Waals surface area contributed by atoms with E-state index < -0.39 is 0 Å². The van der Waals surface area contributed by atoms with Crippen LogP contribution in [0.15, 0.2) is 48.9 Å². The first-order valence-corrected chi connectivity index (χ1v) is 13.0. The van der Waals surface area contributed by atoms with Crippen LogP contribution in [0, 0.1) is 5.92 Å². The summed E-state index contributed by atoms with van der Waals surface area (Å²) in [6, 6.07) is 10.6. The number of aromatic nitrogens is 6. The number of pyridine rings is 2. The molecule has 0 bridgehead atoms. The minimum atomic E-state index is 0.658. The van der Waals surface area contributed by atoms with Crippen molar-refractivity contribution in [3.8, 4) is 22.6 Å². The molecule has 0 radical (unpaired) electrons. The lowest BCUT2D eigenvalue weighted by Crippen LogP contribution is -2.44. The Labute approximate surface area is 216 Å². The number of benzene rings is 1. The van der Waals surface area contributed by atoms with Crippen LogP contribution in [0.2, 0.25) is 0 Å². The van der Waals surface area contributed by atoms with E-state index in [2.05, 4.69) is 91.5 Å². The van der Waals surface area contributed by atoms with Gasteiger partial charge in [0.1, 0.15) is 11.2 Å². The van der Waals surface area contributed by atoms with E-state index in [0.717, 1.165) is 89.5 Å². The maximum atomic E-state index is 5.02. The summed E-state index contributed by atoms with van der Waals surface area (Å²) in [6.45, 7) is 9.48. The van der Waals surface area contributed by atoms with Crippen LogP contribution in [0.5, 0.6) is 0 Å². The molecular formula is C28H33N9. The quantitative estimate of drug-likeness (QED) is 0.299. The minimum Gasteiger partial charge on any atom is -0.384 e. The number of imidazole rings is 1. The fourth-order valence-corrected chi connectivity index (χ4v) is 4.87. The molecule has 9 heteroatoms. The Balaban J connectivity index is 1.33. The van der Waals surface area contributed by atoms with Gasteiger partial charge in [0.05, 0.1) is 22.3 Å². The van der Waals surface area contributed by atoms with Crippen LogP contribution < -0.4 is 10.2 Å². The number of para-hydroxylation sites is 1. The number of nitrogens with zero attached hydrogens (tertiary/aromatic N) is 6. The van der Waals surface area contributed by atoms with E-state index in [0.29, 0.717) is 5.92 Å². The number of H-pyrrole nitrogens is 2. The number of piperazine rings is 1. The topological polar surface area (TPSA) is 102 Å². The van der Waals surface area contributed by atoms with Gasteiger partial charge in [0.25, 0.3) is 0 Å². The molecule has 1 aliphatic rings. The highest BCUT2D eigenvalue weighted by Crippen LogP contribution is 2.32. The predicted molar refractivity (Wildman–Crippen MR) is 150 cm³/mol. The average Bonchev–Trinajstić information content (AvgIpc) is 3.53. The number of aromatic amines is 2. The van der Waals surface area contributed by atoms with E-state index in [1.807, 2.05) is 18.6 Å². The van der Waals surface area contributed by atoms with Crippen molar-refractivity contribution in [2.45, 2.75) is 20.3 Å². The lowest BCUT2D eigenvalue weighted by molar-refractivity contribution is 0.313. The van der Waals surface area contributed by atoms with E-state index in [1.54, 1.807) is 0 Å². The number of nitrogens with one attached hydrogen (secondary N) is 3. The third-order valence-corrected chi connectivity index (χ3v) is 7.10. The van der Waals surface area contributed by atoms with Crippen molar-refractivity contribution in [3.05, 3.63) is 48.9 Å². The van der Waals surface area contributed by atoms with Crippen LogP contribution in [0.25, 0.3) is 44.7 Å². The van der Waals surface area contributed by atoms with Gasteiger partial charge in [-0.05, 0) is 43.7 Å². The maximum Gasteiger partial charge on any atom is 0.159 e. The Morgan fingerprint density at radius 1 is 1.03 bits per heavy atom. The monoisotopic (exact) mass is 495 g/mol. The molecule has 190 valence electrons. The molecule has 0 saturated carbocycles. The molecule has 0 unspecified atom stereocenters. The molecule has 0 amide bonds. The summed E-state index contributed by atoms with van der Waals surface area (Å²) in [4.78, 5) is 22.4. The molecule has 4 aromatic heterocycles. The summed E-state index contributed by atoms with van der Waals surface area (Å²) in [5, 5.41) is 12.1. The molecule has 0 spiro atoms. The summed E-state index contributed by atoms with van der Waals surface area (Å²) < 4.78 is 0. The molecule has 1 aliphatic heterocycles. The summed E-state index contributed by atoms with van der Waals surface area (Å²) in [6.07, 6.45) is 6.72. The Morgan fingerprint density at radius 3 is 2.70 bits per heavy atom. The predicted octanol–water partition coefficient (Wildman–Crippen LogP) is 4.77. The summed E-state index contributed by atoms with van der Waals surface area (Å²) in [7, 11) is 2.17. The molecule has 6 rings (SSSR count). The van der Waals surface area contributed by atoms with Crippen LogP contribution in [0.4, 0.5) is 11.4 Å². The van der Waals surface area contributed by atoms with Crippen molar-refractivity contribution in [2.75, 3.05) is 50.0 Å². The molecule has 37 heavy (non-hydrogen) atoms. The van der Waals surface area contributed by atoms with Gasteiger partial charge in [0.2, 0.25) is 0 Å². The molecule has 1 saturated heterocycles. The largest absolute Gasteiger partial charge is 0.384 e. The first-order valence-electron chi connectivity index (χ1n) is 13.0. The third kappa shape index (κ3) is 4.74. The Morgan fingerprint density at radius 2 is 1.86 bits per heavy atom. The van der Waals surface area contributed by atoms with Crippen LogP contribution in [-0.2, 0) is 0 Å². The Hall–Kier alpha value is -3.98. The second-order valence-corrected chi connectivity index (χ2v) is 10.3. The number of rotatable bonds is 7. The Bertz CT molecular complexity index is 1530. The SMILES string of the molecule is CC(C)CCNc1cncc(-c2cnc3[nH]nc(-c4nc5c(N6CCN(C)CC6)cccc5[nH]4)c3c2)c1. The third-order valence-electron chi connectivity index (χ3n) is 7.10. The van der Waals surface area contributed by atoms with E-state index in [9.17, 15) is 0 Å². The summed E-state index contributed by atoms with van der Waals surface area (Å²) >= 11 is 0. The zero-order chi connectivity index (χ0) is 25.4. The smallest absolute Gasteiger partial charge is 0.159 e. The lowest BCUT2D eigenvalue weighted by Gasteiger charge is -2.34. The van der Waals surface area contributed by atoms with Crippen molar-refractivity contribution in [1.29, 1.82) is 0 Å². The standard InChI is InChI=1S/C28H33N9/c1-18(2)7-8-30-21-13-19(15-29-17-21)20-14-22-25(34-35-27(22)31-16-20)28-32-23-5-4-6-24(26(23)33-28)37-11-9-36(3)10-12-37/h4-6,13-18,30H,7-12H2,1-3H3,(H,32,33)(H,31,34,35). The van der Waals surface area contributed by atoms with Crippen LogP contribution >= 0.6 is 0 Å². The van der Waals surface area contributed by atoms with Crippen LogP contribution in [-0.4, -0.2) is 74.8 Å². The van der Waals surface area contributed by atoms with Crippen molar-refractivity contribution in [2.24, 2.45) is 5.92 Å². The van der Waals surface area contributed by atoms with Gasteiger partial charge in [-0.15, -0.1) is 0 Å². The molecule has 9 nitrogen and oxygen atoms in total. The fraction of sp³-hybridized carbons (Fsp3) is 0.357. The highest BCUT2D eigenvalue weighted by atomic mass is 15.3. The number of anilines is 2. The lowest BCUT2D eigenvalue weighted by atomic mass is 10.1. The van der Waals surface area contributed by atoms with Crippen LogP contribution in [0.3, 0.4) is 0 Å². The molecule has 1 fully saturated rings. The van der Waals surface area contributed by atoms with Crippen LogP contribution in [0.1, 0.15) is 20.3 Å². The van der Waals surface area contributed by atoms with E-state index in [1.165, 1.54) is 5.69 Å². The van der Waals surface area contributed by atoms with Gasteiger partial charge in [-0.2, -0.15) is 5.10 Å². The first-order chi connectivity index (χ1) is 18.0. The van der Waals surface area contributed by atoms with Crippen molar-refractivity contribution >= 4 is 33.4 Å². The molecule has 5 aromatic rings. The normalized spacial score (nSPS) is 14.8. The highest BCUT2D eigenvalue weighted by molar-refractivity contribution is 5.96. The molecule has 3 N–H and O–H groups in total. The second-order valence-electron chi connectivity index (χ2n) is 10.3. The average molecular weight is 496 g/mol. The number of hydrogen-bond acceptors (Lipinski definition) is 7. The second kappa shape index (κ2) is 9.82. The molecule has 0 aliphatic carbocycles. The molecule has 5 heterocycles. The van der Waals surface area contributed by atoms with Gasteiger partial charge in [-0.25, -0.2) is 9.97 Å². The zero-order valence-corrected chi connectivity index (χ0v) is 21.6. The van der Waals surface area contributed by atoms with Crippen molar-refractivity contribution in [3.63, 3.8) is 0 Å². The highest BCUT2D eigenvalue weighted by Gasteiger charge is 2.20. The summed E-state index contributed by atoms with van der Waals surface area (Å²) in [5.41, 5.74) is 7.67. The first kappa shape index (κ1) is 23.4. The van der Waals surface area contributed by atoms with Gasteiger partial charge >= 0.3 is 0 Å². The van der Waals surface area contributed by atoms with Gasteiger partial charge in [0.15, 0.2) is 11.5 Å². The van der Waals surface area contributed by atoms with Gasteiger partial charge in [0, 0.05) is 62.4 Å². The molecule has 1 aromatic carbocycles. The van der Waals surface area contributed by atoms with Crippen molar-refractivity contribution < 1.29 is 0 Å². The molecule has 0 atom stereocenters. The van der Waals surface area contributed by atoms with E-state index in [-0.39, 0.29) is 0 Å². The Kier molecular flexibility index (Phi) is 6.21. The van der Waals surface area contributed by atoms with Gasteiger partial charge in [-0.3, -0.25) is 10.1 Å². The van der Waals surface area contributed by atoms with Gasteiger partial charge < -0.3 is 20.1 Å². The number of fused-ring (bicyclic) bond motifs is 2. The zero-order valence-electron chi connectivity index (χ0n) is 21.6. The van der Waals surface area contributed by atoms with E-state index >= 15 is 0 Å². The maximum absolute atomic E-state index is 5.02. The van der Waals surface area contributed by atoms with Crippen molar-refractivity contribution in [1.82, 2.24) is 35.0 Å².